The number of hydrogen-bond donors (Lipinski definition) is 2. The first-order chi connectivity index (χ1) is 23.9. The average molecular weight is 826 g/mol. The van der Waals surface area contributed by atoms with E-state index in [2.05, 4.69) is 13.8 Å². The fraction of sp³-hybridized carbons (Fsp3) is 0.595. The summed E-state index contributed by atoms with van der Waals surface area (Å²) in [7, 11) is 2.82. The van der Waals surface area contributed by atoms with Gasteiger partial charge in [0, 0.05) is 26.2 Å². The molecule has 0 spiro atoms. The van der Waals surface area contributed by atoms with Crippen LogP contribution in [0.1, 0.15) is 52.4 Å². The average Bonchev–Trinajstić information content (AvgIpc) is 3.12. The van der Waals surface area contributed by atoms with Crippen LogP contribution in [0.5, 0.6) is 23.0 Å². The molecule has 2 aromatic rings. The van der Waals surface area contributed by atoms with Crippen molar-refractivity contribution >= 4 is 29.3 Å². The van der Waals surface area contributed by atoms with Gasteiger partial charge in [0.15, 0.2) is 13.2 Å². The second kappa shape index (κ2) is 19.4. The van der Waals surface area contributed by atoms with Gasteiger partial charge in [-0.1, -0.05) is 0 Å². The number of ether oxygens (including phenoxy) is 2. The Bertz CT molecular complexity index is 1360. The Morgan fingerprint density at radius 1 is 0.725 bits per heavy atom. The van der Waals surface area contributed by atoms with Gasteiger partial charge in [-0.25, -0.2) is 0 Å². The van der Waals surface area contributed by atoms with Crippen LogP contribution < -0.4 is 48.4 Å². The molecule has 4 heterocycles. The smallest absolute Gasteiger partial charge is 0.265 e. The van der Waals surface area contributed by atoms with Crippen molar-refractivity contribution in [2.45, 2.75) is 52.4 Å². The molecule has 0 saturated carbocycles. The van der Waals surface area contributed by atoms with Crippen molar-refractivity contribution in [2.24, 2.45) is 0 Å². The normalized spacial score (nSPS) is 18.5. The summed E-state index contributed by atoms with van der Waals surface area (Å²) in [4.78, 5) is 38.5. The molecule has 0 radical (unpaired) electrons. The lowest BCUT2D eigenvalue weighted by atomic mass is 10.1. The number of aromatic hydroxyl groups is 2. The number of nitrogens with zero attached hydrogens (tertiary/aromatic N) is 5. The van der Waals surface area contributed by atoms with Crippen LogP contribution in [0.15, 0.2) is 36.4 Å². The van der Waals surface area contributed by atoms with E-state index in [1.807, 2.05) is 0 Å². The molecule has 13 nitrogen and oxygen atoms in total. The molecule has 2 N–H and O–H groups in total. The summed E-state index contributed by atoms with van der Waals surface area (Å²) in [6.07, 6.45) is 6.62. The minimum Gasteiger partial charge on any atom is -1.00 e. The summed E-state index contributed by atoms with van der Waals surface area (Å²) in [5, 5.41) is 28.9. The first-order valence-corrected chi connectivity index (χ1v) is 18.0. The van der Waals surface area contributed by atoms with Crippen LogP contribution in [0.3, 0.4) is 0 Å². The lowest BCUT2D eigenvalue weighted by Gasteiger charge is -2.42. The van der Waals surface area contributed by atoms with Gasteiger partial charge in [-0.15, -0.1) is 0 Å². The number of likely N-dealkylation sites (tertiary alicyclic amines) is 2. The van der Waals surface area contributed by atoms with Crippen LogP contribution in [-0.4, -0.2) is 135 Å². The number of fused-ring (bicyclic) bond motifs is 2. The van der Waals surface area contributed by atoms with Crippen LogP contribution in [-0.2, 0) is 9.59 Å². The monoisotopic (exact) mass is 825 g/mol. The Labute approximate surface area is 319 Å². The SMILES string of the molecule is CC[N+]1(CCN2C(=O)COc3ccc(O)cc32)CCCCC1.CC[N+]1(CCN2C(=O)COc3ccc(O)cc32)CCCCC1.CN(C)C(=O)[O-].[I-]. The molecule has 4 aliphatic rings. The van der Waals surface area contributed by atoms with E-state index in [0.29, 0.717) is 36.0 Å². The van der Waals surface area contributed by atoms with Crippen LogP contribution in [0, 0.1) is 0 Å². The molecule has 0 aromatic heterocycles. The largest absolute Gasteiger partial charge is 1.00 e. The number of piperidine rings is 2. The topological polar surface area (TPSA) is 143 Å². The number of likely N-dealkylation sites (N-methyl/N-ethyl adjacent to an activating group) is 2. The number of quaternary nitrogens is 2. The molecular formula is C37H56IN5O8. The lowest BCUT2D eigenvalue weighted by molar-refractivity contribution is -0.929. The molecule has 0 aliphatic carbocycles. The van der Waals surface area contributed by atoms with Crippen molar-refractivity contribution < 1.29 is 72.1 Å². The molecule has 3 amide bonds. The number of phenolic OH excluding ortho intramolecular Hbond substituents is 2. The summed E-state index contributed by atoms with van der Waals surface area (Å²) in [6.45, 7) is 15.0. The number of amides is 3. The summed E-state index contributed by atoms with van der Waals surface area (Å²) in [5.41, 5.74) is 1.39. The Hall–Kier alpha value is -3.50. The third kappa shape index (κ3) is 11.2. The Balaban J connectivity index is 0.000000234. The van der Waals surface area contributed by atoms with Gasteiger partial charge in [0.05, 0.1) is 76.8 Å². The maximum absolute atomic E-state index is 12.2. The van der Waals surface area contributed by atoms with Crippen molar-refractivity contribution in [3.05, 3.63) is 36.4 Å². The highest BCUT2D eigenvalue weighted by Gasteiger charge is 2.34. The molecule has 284 valence electrons. The third-order valence-electron chi connectivity index (χ3n) is 10.6. The molecule has 2 fully saturated rings. The molecular weight excluding hydrogens is 769 g/mol. The van der Waals surface area contributed by atoms with Crippen LogP contribution in [0.25, 0.3) is 0 Å². The zero-order valence-electron chi connectivity index (χ0n) is 30.6. The predicted molar refractivity (Wildman–Crippen MR) is 189 cm³/mol. The van der Waals surface area contributed by atoms with Gasteiger partial charge in [0.2, 0.25) is 0 Å². The van der Waals surface area contributed by atoms with E-state index in [0.717, 1.165) is 40.0 Å². The summed E-state index contributed by atoms with van der Waals surface area (Å²) >= 11 is 0. The fourth-order valence-corrected chi connectivity index (χ4v) is 7.26. The maximum Gasteiger partial charge on any atom is 0.265 e. The van der Waals surface area contributed by atoms with Gasteiger partial charge in [-0.3, -0.25) is 9.59 Å². The van der Waals surface area contributed by atoms with Crippen molar-refractivity contribution in [3.63, 3.8) is 0 Å². The Morgan fingerprint density at radius 2 is 1.08 bits per heavy atom. The highest BCUT2D eigenvalue weighted by atomic mass is 127. The number of carbonyl (C=O) groups is 3. The fourth-order valence-electron chi connectivity index (χ4n) is 7.26. The van der Waals surface area contributed by atoms with Crippen molar-refractivity contribution in [1.82, 2.24) is 4.90 Å². The highest BCUT2D eigenvalue weighted by molar-refractivity contribution is 5.98. The predicted octanol–water partition coefficient (Wildman–Crippen LogP) is 0.172. The number of halogens is 1. The molecule has 51 heavy (non-hydrogen) atoms. The van der Waals surface area contributed by atoms with Gasteiger partial charge in [0.1, 0.15) is 29.1 Å². The molecule has 0 bridgehead atoms. The van der Waals surface area contributed by atoms with E-state index in [-0.39, 0.29) is 60.5 Å². The molecule has 4 aliphatic heterocycles. The summed E-state index contributed by atoms with van der Waals surface area (Å²) in [6, 6.07) is 9.90. The van der Waals surface area contributed by atoms with Gasteiger partial charge < -0.3 is 77.2 Å². The first kappa shape index (κ1) is 41.9. The molecule has 0 atom stereocenters. The second-order valence-electron chi connectivity index (χ2n) is 13.9. The van der Waals surface area contributed by atoms with Gasteiger partial charge in [-0.05, 0) is 76.6 Å². The lowest BCUT2D eigenvalue weighted by Crippen LogP contribution is -3.00. The number of carbonyl (C=O) groups excluding carboxylic acids is 3. The third-order valence-corrected chi connectivity index (χ3v) is 10.6. The van der Waals surface area contributed by atoms with E-state index in [1.165, 1.54) is 78.8 Å². The van der Waals surface area contributed by atoms with Gasteiger partial charge in [0.25, 0.3) is 11.8 Å². The van der Waals surface area contributed by atoms with Crippen molar-refractivity contribution in [2.75, 3.05) is 103 Å². The molecule has 14 heteroatoms. The minimum absolute atomic E-state index is 0. The van der Waals surface area contributed by atoms with E-state index in [9.17, 15) is 29.7 Å². The van der Waals surface area contributed by atoms with E-state index >= 15 is 0 Å². The van der Waals surface area contributed by atoms with Crippen LogP contribution in [0.2, 0.25) is 0 Å². The quantitative estimate of drug-likeness (QED) is 0.284. The van der Waals surface area contributed by atoms with Crippen molar-refractivity contribution in [3.8, 4) is 23.0 Å². The number of rotatable bonds is 8. The van der Waals surface area contributed by atoms with Gasteiger partial charge >= 0.3 is 0 Å². The number of hydrogen-bond acceptors (Lipinski definition) is 8. The second-order valence-corrected chi connectivity index (χ2v) is 13.9. The van der Waals surface area contributed by atoms with E-state index in [1.54, 1.807) is 46.2 Å². The highest BCUT2D eigenvalue weighted by Crippen LogP contribution is 2.36. The summed E-state index contributed by atoms with van der Waals surface area (Å²) < 4.78 is 13.1. The minimum atomic E-state index is -1.16. The maximum atomic E-state index is 12.2. The van der Waals surface area contributed by atoms with Crippen LogP contribution in [0.4, 0.5) is 16.2 Å². The number of benzene rings is 2. The number of phenols is 2. The first-order valence-electron chi connectivity index (χ1n) is 18.0. The number of anilines is 2. The number of carboxylic acid groups (broad SMARTS) is 1. The Kier molecular flexibility index (Phi) is 15.9. The summed E-state index contributed by atoms with van der Waals surface area (Å²) in [5.74, 6) is 1.64. The molecule has 2 aromatic carbocycles. The standard InChI is InChI=1S/2C17H24N2O3.C3H7NO2.HI/c2*1-2-19(9-4-3-5-10-19)11-8-18-15-12-14(20)6-7-16(15)22-13-17(18)21;1-4(2)3(5)6;/h2*6-7,12H,2-5,8-11,13H2,1H3;1-2H3,(H,5,6);1H. The Morgan fingerprint density at radius 3 is 1.39 bits per heavy atom. The molecule has 6 rings (SSSR count). The zero-order chi connectivity index (χ0) is 36.3. The van der Waals surface area contributed by atoms with Crippen molar-refractivity contribution in [1.29, 1.82) is 0 Å². The van der Waals surface area contributed by atoms with Crippen LogP contribution >= 0.6 is 0 Å². The molecule has 2 saturated heterocycles. The van der Waals surface area contributed by atoms with E-state index in [4.69, 9.17) is 9.47 Å². The molecule has 0 unspecified atom stereocenters. The van der Waals surface area contributed by atoms with E-state index < -0.39 is 6.09 Å². The van der Waals surface area contributed by atoms with Gasteiger partial charge in [-0.2, -0.15) is 0 Å². The zero-order valence-corrected chi connectivity index (χ0v) is 32.8.